The van der Waals surface area contributed by atoms with Gasteiger partial charge in [-0.25, -0.2) is 13.6 Å². The number of anilines is 1. The van der Waals surface area contributed by atoms with Crippen LogP contribution in [-0.4, -0.2) is 26.6 Å². The van der Waals surface area contributed by atoms with Crippen molar-refractivity contribution in [3.8, 4) is 0 Å². The van der Waals surface area contributed by atoms with Gasteiger partial charge in [0.05, 0.1) is 5.75 Å². The molecule has 0 saturated carbocycles. The van der Waals surface area contributed by atoms with Crippen LogP contribution < -0.4 is 10.0 Å². The van der Waals surface area contributed by atoms with Gasteiger partial charge in [-0.3, -0.25) is 4.79 Å². The second-order valence-electron chi connectivity index (χ2n) is 4.84. The molecule has 0 radical (unpaired) electrons. The normalized spacial score (nSPS) is 20.1. The molecule has 0 aromatic heterocycles. The van der Waals surface area contributed by atoms with Crippen LogP contribution in [0.4, 0.5) is 5.69 Å². The summed E-state index contributed by atoms with van der Waals surface area (Å²) in [5.41, 5.74) is 1.82. The Morgan fingerprint density at radius 3 is 2.74 bits per heavy atom. The summed E-state index contributed by atoms with van der Waals surface area (Å²) < 4.78 is 23.1. The van der Waals surface area contributed by atoms with Crippen LogP contribution in [0.15, 0.2) is 22.7 Å². The van der Waals surface area contributed by atoms with Crippen molar-refractivity contribution in [2.75, 3.05) is 17.2 Å². The fourth-order valence-corrected chi connectivity index (χ4v) is 3.39. The van der Waals surface area contributed by atoms with Crippen molar-refractivity contribution in [3.05, 3.63) is 28.2 Å². The van der Waals surface area contributed by atoms with Crippen LogP contribution in [-0.2, 0) is 14.8 Å². The van der Waals surface area contributed by atoms with E-state index >= 15 is 0 Å². The molecule has 0 aliphatic carbocycles. The topological polar surface area (TPSA) is 80.5 Å². The van der Waals surface area contributed by atoms with Crippen molar-refractivity contribution < 1.29 is 13.2 Å². The molecule has 1 aliphatic rings. The van der Waals surface area contributed by atoms with Gasteiger partial charge in [0.25, 0.3) is 0 Å². The van der Waals surface area contributed by atoms with E-state index in [9.17, 15) is 13.2 Å². The number of hydrogen-bond acceptors (Lipinski definition) is 3. The third-order valence-electron chi connectivity index (χ3n) is 3.13. The smallest absolute Gasteiger partial charge is 0.227 e. The molecular weight excluding hydrogens is 332 g/mol. The highest BCUT2D eigenvalue weighted by atomic mass is 79.9. The number of sulfonamides is 1. The summed E-state index contributed by atoms with van der Waals surface area (Å²) in [6.07, 6.45) is 0.228. The minimum Gasteiger partial charge on any atom is -0.312 e. The van der Waals surface area contributed by atoms with Gasteiger partial charge < -0.3 is 4.90 Å². The van der Waals surface area contributed by atoms with E-state index in [0.717, 1.165) is 15.7 Å². The van der Waals surface area contributed by atoms with Crippen LogP contribution >= 0.6 is 15.9 Å². The number of nitrogens with two attached hydrogens (primary N) is 1. The van der Waals surface area contributed by atoms with Crippen molar-refractivity contribution in [2.24, 2.45) is 11.1 Å². The number of benzene rings is 1. The van der Waals surface area contributed by atoms with Gasteiger partial charge in [0, 0.05) is 29.0 Å². The molecule has 1 saturated heterocycles. The van der Waals surface area contributed by atoms with Crippen LogP contribution in [0.25, 0.3) is 0 Å². The molecule has 1 unspecified atom stereocenters. The number of primary sulfonamides is 1. The van der Waals surface area contributed by atoms with Crippen LogP contribution in [0.5, 0.6) is 0 Å². The Morgan fingerprint density at radius 1 is 1.47 bits per heavy atom. The number of carbonyl (C=O) groups excluding carboxylic acids is 1. The largest absolute Gasteiger partial charge is 0.312 e. The second-order valence-corrected chi connectivity index (χ2v) is 7.35. The first-order chi connectivity index (χ1) is 8.76. The SMILES string of the molecule is Cc1cc(N2CC(CS(N)(=O)=O)CC2=O)ccc1Br. The minimum absolute atomic E-state index is 0.0598. The van der Waals surface area contributed by atoms with Crippen LogP contribution in [0.1, 0.15) is 12.0 Å². The molecule has 2 rings (SSSR count). The van der Waals surface area contributed by atoms with E-state index in [-0.39, 0.29) is 24.0 Å². The van der Waals surface area contributed by atoms with E-state index in [2.05, 4.69) is 15.9 Å². The van der Waals surface area contributed by atoms with Crippen molar-refractivity contribution in [1.29, 1.82) is 0 Å². The Balaban J connectivity index is 2.18. The van der Waals surface area contributed by atoms with Gasteiger partial charge in [-0.2, -0.15) is 0 Å². The first-order valence-electron chi connectivity index (χ1n) is 5.83. The lowest BCUT2D eigenvalue weighted by Gasteiger charge is -2.17. The third-order valence-corrected chi connectivity index (χ3v) is 4.95. The van der Waals surface area contributed by atoms with E-state index in [0.29, 0.717) is 6.54 Å². The van der Waals surface area contributed by atoms with Crippen molar-refractivity contribution in [2.45, 2.75) is 13.3 Å². The maximum Gasteiger partial charge on any atom is 0.227 e. The summed E-state index contributed by atoms with van der Waals surface area (Å²) in [5, 5.41) is 5.03. The quantitative estimate of drug-likeness (QED) is 0.898. The lowest BCUT2D eigenvalue weighted by molar-refractivity contribution is -0.117. The van der Waals surface area contributed by atoms with Gasteiger partial charge >= 0.3 is 0 Å². The Kier molecular flexibility index (Phi) is 3.98. The summed E-state index contributed by atoms with van der Waals surface area (Å²) in [6, 6.07) is 5.63. The van der Waals surface area contributed by atoms with Crippen molar-refractivity contribution >= 4 is 37.5 Å². The minimum atomic E-state index is -3.54. The molecule has 7 heteroatoms. The van der Waals surface area contributed by atoms with Gasteiger partial charge in [-0.05, 0) is 30.7 Å². The second kappa shape index (κ2) is 5.22. The monoisotopic (exact) mass is 346 g/mol. The zero-order valence-electron chi connectivity index (χ0n) is 10.5. The Bertz CT molecular complexity index is 615. The summed E-state index contributed by atoms with van der Waals surface area (Å²) in [7, 11) is -3.54. The van der Waals surface area contributed by atoms with E-state index in [1.54, 1.807) is 4.90 Å². The molecule has 1 aromatic rings. The molecule has 19 heavy (non-hydrogen) atoms. The van der Waals surface area contributed by atoms with Gasteiger partial charge in [0.1, 0.15) is 0 Å². The van der Waals surface area contributed by atoms with Gasteiger partial charge in [0.15, 0.2) is 0 Å². The highest BCUT2D eigenvalue weighted by Gasteiger charge is 2.32. The van der Waals surface area contributed by atoms with Crippen molar-refractivity contribution in [3.63, 3.8) is 0 Å². The van der Waals surface area contributed by atoms with E-state index in [4.69, 9.17) is 5.14 Å². The molecular formula is C12H15BrN2O3S. The number of hydrogen-bond donors (Lipinski definition) is 1. The Labute approximate surface area is 121 Å². The van der Waals surface area contributed by atoms with E-state index < -0.39 is 10.0 Å². The molecule has 2 N–H and O–H groups in total. The first-order valence-corrected chi connectivity index (χ1v) is 8.34. The summed E-state index contributed by atoms with van der Waals surface area (Å²) in [5.74, 6) is -0.438. The maximum absolute atomic E-state index is 11.9. The van der Waals surface area contributed by atoms with Gasteiger partial charge in [-0.1, -0.05) is 15.9 Å². The van der Waals surface area contributed by atoms with Crippen molar-refractivity contribution in [1.82, 2.24) is 0 Å². The number of halogens is 1. The average Bonchev–Trinajstić information content (AvgIpc) is 2.61. The van der Waals surface area contributed by atoms with E-state index in [1.807, 2.05) is 25.1 Å². The molecule has 0 bridgehead atoms. The van der Waals surface area contributed by atoms with Crippen LogP contribution in [0, 0.1) is 12.8 Å². The lowest BCUT2D eigenvalue weighted by atomic mass is 10.1. The zero-order valence-corrected chi connectivity index (χ0v) is 12.9. The predicted molar refractivity (Wildman–Crippen MR) is 77.3 cm³/mol. The lowest BCUT2D eigenvalue weighted by Crippen LogP contribution is -2.27. The van der Waals surface area contributed by atoms with Gasteiger partial charge in [-0.15, -0.1) is 0 Å². The third kappa shape index (κ3) is 3.55. The standard InChI is InChI=1S/C12H15BrN2O3S/c1-8-4-10(2-3-11(8)13)15-6-9(5-12(15)16)7-19(14,17)18/h2-4,9H,5-7H2,1H3,(H2,14,17,18). The fraction of sp³-hybridized carbons (Fsp3) is 0.417. The fourth-order valence-electron chi connectivity index (χ4n) is 2.27. The molecule has 1 aromatic carbocycles. The van der Waals surface area contributed by atoms with Crippen LogP contribution in [0.3, 0.4) is 0 Å². The molecule has 1 heterocycles. The molecule has 0 spiro atoms. The summed E-state index contributed by atoms with van der Waals surface area (Å²) >= 11 is 3.41. The number of nitrogens with zero attached hydrogens (tertiary/aromatic N) is 1. The highest BCUT2D eigenvalue weighted by molar-refractivity contribution is 9.10. The first kappa shape index (κ1) is 14.5. The average molecular weight is 347 g/mol. The maximum atomic E-state index is 11.9. The highest BCUT2D eigenvalue weighted by Crippen LogP contribution is 2.28. The number of carbonyl (C=O) groups is 1. The number of rotatable bonds is 3. The Morgan fingerprint density at radius 2 is 2.16 bits per heavy atom. The zero-order chi connectivity index (χ0) is 14.2. The van der Waals surface area contributed by atoms with Gasteiger partial charge in [0.2, 0.25) is 15.9 Å². The Hall–Kier alpha value is -0.920. The van der Waals surface area contributed by atoms with Crippen LogP contribution in [0.2, 0.25) is 0 Å². The molecule has 5 nitrogen and oxygen atoms in total. The molecule has 1 atom stereocenters. The number of aryl methyl sites for hydroxylation is 1. The molecule has 1 fully saturated rings. The number of amides is 1. The molecule has 104 valence electrons. The predicted octanol–water partition coefficient (Wildman–Crippen LogP) is 1.40. The molecule has 1 amide bonds. The molecule has 1 aliphatic heterocycles. The summed E-state index contributed by atoms with van der Waals surface area (Å²) in [6.45, 7) is 2.34. The summed E-state index contributed by atoms with van der Waals surface area (Å²) in [4.78, 5) is 13.6. The van der Waals surface area contributed by atoms with E-state index in [1.165, 1.54) is 0 Å².